The summed E-state index contributed by atoms with van der Waals surface area (Å²) >= 11 is 8.41. The van der Waals surface area contributed by atoms with Crippen LogP contribution < -0.4 is 20.7 Å². The highest BCUT2D eigenvalue weighted by molar-refractivity contribution is 14.1. The number of benzene rings is 4. The minimum absolute atomic E-state index is 0.230. The molecule has 232 valence electrons. The first kappa shape index (κ1) is 31.3. The van der Waals surface area contributed by atoms with Crippen LogP contribution in [0.5, 0.6) is 11.6 Å². The number of aryl methyl sites for hydroxylation is 1. The van der Waals surface area contributed by atoms with Crippen LogP contribution >= 0.6 is 34.2 Å². The van der Waals surface area contributed by atoms with Crippen LogP contribution in [0.3, 0.4) is 0 Å². The number of nitrogens with zero attached hydrogens (tertiary/aromatic N) is 4. The fourth-order valence-electron chi connectivity index (χ4n) is 4.90. The molecule has 11 heteroatoms. The van der Waals surface area contributed by atoms with Crippen molar-refractivity contribution in [3.63, 3.8) is 0 Å². The predicted molar refractivity (Wildman–Crippen MR) is 193 cm³/mol. The van der Waals surface area contributed by atoms with E-state index in [1.165, 1.54) is 0 Å². The number of nitrogens with one attached hydrogen (secondary N) is 3. The van der Waals surface area contributed by atoms with E-state index < -0.39 is 0 Å². The van der Waals surface area contributed by atoms with Gasteiger partial charge in [0, 0.05) is 39.8 Å². The highest BCUT2D eigenvalue weighted by atomic mass is 127. The maximum Gasteiger partial charge on any atom is 0.324 e. The number of fused-ring (bicyclic) bond motifs is 1. The zero-order valence-electron chi connectivity index (χ0n) is 25.2. The van der Waals surface area contributed by atoms with Gasteiger partial charge < -0.3 is 15.4 Å². The molecule has 0 radical (unpaired) electrons. The lowest BCUT2D eigenvalue weighted by Crippen LogP contribution is -2.21. The molecule has 2 aromatic heterocycles. The van der Waals surface area contributed by atoms with Crippen molar-refractivity contribution in [3.8, 4) is 17.3 Å². The van der Waals surface area contributed by atoms with Crippen LogP contribution in [0.15, 0.2) is 103 Å². The maximum absolute atomic E-state index is 13.4. The SMILES string of the molecule is CCCC(I)c1cc(NC(=O)Nc2ccc(Oc3ccnc(Nc4ccc(Cl)cc4)n3)c3ccccc23)n(-c2ccc(C)cc2)n1. The van der Waals surface area contributed by atoms with E-state index in [-0.39, 0.29) is 9.96 Å². The monoisotopic (exact) mass is 743 g/mol. The van der Waals surface area contributed by atoms with Gasteiger partial charge in [-0.3, -0.25) is 5.32 Å². The van der Waals surface area contributed by atoms with Crippen LogP contribution in [0, 0.1) is 6.92 Å². The first-order valence-corrected chi connectivity index (χ1v) is 16.4. The smallest absolute Gasteiger partial charge is 0.324 e. The summed E-state index contributed by atoms with van der Waals surface area (Å²) in [6, 6.07) is 29.9. The molecule has 2 amide bonds. The van der Waals surface area contributed by atoms with E-state index in [1.807, 2.05) is 85.8 Å². The van der Waals surface area contributed by atoms with Crippen molar-refractivity contribution in [2.24, 2.45) is 0 Å². The molecule has 0 spiro atoms. The molecule has 9 nitrogen and oxygen atoms in total. The van der Waals surface area contributed by atoms with Gasteiger partial charge in [-0.15, -0.1) is 0 Å². The van der Waals surface area contributed by atoms with Gasteiger partial charge >= 0.3 is 6.03 Å². The van der Waals surface area contributed by atoms with E-state index in [4.69, 9.17) is 21.4 Å². The molecule has 1 unspecified atom stereocenters. The molecule has 3 N–H and O–H groups in total. The Balaban J connectivity index is 1.22. The average molecular weight is 744 g/mol. The van der Waals surface area contributed by atoms with E-state index in [1.54, 1.807) is 29.1 Å². The lowest BCUT2D eigenvalue weighted by atomic mass is 10.1. The van der Waals surface area contributed by atoms with Crippen molar-refractivity contribution in [1.29, 1.82) is 0 Å². The summed E-state index contributed by atoms with van der Waals surface area (Å²) in [5, 5.41) is 16.3. The van der Waals surface area contributed by atoms with Crippen LogP contribution in [0.4, 0.5) is 27.9 Å². The number of ether oxygens (including phenoxy) is 1. The van der Waals surface area contributed by atoms with Gasteiger partial charge in [0.2, 0.25) is 11.8 Å². The molecule has 0 aliphatic rings. The predicted octanol–water partition coefficient (Wildman–Crippen LogP) is 10.2. The number of alkyl halides is 1. The molecule has 6 rings (SSSR count). The summed E-state index contributed by atoms with van der Waals surface area (Å²) in [5.41, 5.74) is 4.37. The molecule has 0 saturated heterocycles. The lowest BCUT2D eigenvalue weighted by molar-refractivity contribution is 0.262. The Bertz CT molecular complexity index is 1980. The Hall–Kier alpha value is -4.68. The Labute approximate surface area is 285 Å². The van der Waals surface area contributed by atoms with Crippen LogP contribution in [-0.2, 0) is 0 Å². The fourth-order valence-corrected chi connectivity index (χ4v) is 5.95. The molecular weight excluding hydrogens is 713 g/mol. The van der Waals surface area contributed by atoms with E-state index >= 15 is 0 Å². The minimum Gasteiger partial charge on any atom is -0.438 e. The van der Waals surface area contributed by atoms with Crippen molar-refractivity contribution >= 4 is 74.1 Å². The molecule has 0 aliphatic heterocycles. The summed E-state index contributed by atoms with van der Waals surface area (Å²) in [6.45, 7) is 4.19. The van der Waals surface area contributed by atoms with Crippen molar-refractivity contribution < 1.29 is 9.53 Å². The van der Waals surface area contributed by atoms with Crippen LogP contribution in [0.1, 0.15) is 34.9 Å². The number of aromatic nitrogens is 4. The van der Waals surface area contributed by atoms with E-state index in [0.717, 1.165) is 46.2 Å². The molecular formula is C35H31ClIN7O2. The van der Waals surface area contributed by atoms with Gasteiger partial charge in [-0.2, -0.15) is 10.1 Å². The quantitative estimate of drug-likeness (QED) is 0.0953. The molecule has 46 heavy (non-hydrogen) atoms. The Morgan fingerprint density at radius 1 is 0.957 bits per heavy atom. The summed E-state index contributed by atoms with van der Waals surface area (Å²) < 4.78 is 8.22. The normalized spacial score (nSPS) is 11.7. The van der Waals surface area contributed by atoms with Crippen molar-refractivity contribution in [2.45, 2.75) is 30.6 Å². The first-order chi connectivity index (χ1) is 22.4. The maximum atomic E-state index is 13.4. The zero-order chi connectivity index (χ0) is 32.0. The molecule has 2 heterocycles. The number of hydrogen-bond donors (Lipinski definition) is 3. The van der Waals surface area contributed by atoms with E-state index in [0.29, 0.717) is 34.1 Å². The third-order valence-corrected chi connectivity index (χ3v) is 8.70. The molecule has 0 aliphatic carbocycles. The van der Waals surface area contributed by atoms with Gasteiger partial charge in [-0.25, -0.2) is 14.5 Å². The molecule has 4 aromatic carbocycles. The van der Waals surface area contributed by atoms with Gasteiger partial charge in [-0.1, -0.05) is 89.5 Å². The number of rotatable bonds is 10. The lowest BCUT2D eigenvalue weighted by Gasteiger charge is -2.14. The fraction of sp³-hybridized carbons (Fsp3) is 0.143. The van der Waals surface area contributed by atoms with Gasteiger partial charge in [0.25, 0.3) is 0 Å². The van der Waals surface area contributed by atoms with Crippen molar-refractivity contribution in [2.75, 3.05) is 16.0 Å². The van der Waals surface area contributed by atoms with E-state index in [2.05, 4.69) is 55.4 Å². The van der Waals surface area contributed by atoms with Crippen molar-refractivity contribution in [3.05, 3.63) is 120 Å². The average Bonchev–Trinajstić information content (AvgIpc) is 3.47. The topological polar surface area (TPSA) is 106 Å². The number of halogens is 2. The number of amides is 2. The van der Waals surface area contributed by atoms with Crippen LogP contribution in [0.2, 0.25) is 5.02 Å². The Kier molecular flexibility index (Phi) is 9.65. The molecule has 6 aromatic rings. The number of carbonyl (C=O) groups is 1. The highest BCUT2D eigenvalue weighted by Gasteiger charge is 2.18. The summed E-state index contributed by atoms with van der Waals surface area (Å²) in [4.78, 5) is 22.2. The molecule has 0 saturated carbocycles. The molecule has 0 bridgehead atoms. The van der Waals surface area contributed by atoms with Gasteiger partial charge in [0.05, 0.1) is 21.0 Å². The second-order valence-corrected chi connectivity index (χ2v) is 12.6. The largest absolute Gasteiger partial charge is 0.438 e. The third-order valence-electron chi connectivity index (χ3n) is 7.19. The minimum atomic E-state index is -0.382. The third kappa shape index (κ3) is 7.40. The summed E-state index contributed by atoms with van der Waals surface area (Å²) in [6.07, 6.45) is 3.66. The van der Waals surface area contributed by atoms with E-state index in [9.17, 15) is 4.79 Å². The molecule has 1 atom stereocenters. The van der Waals surface area contributed by atoms with Crippen LogP contribution in [-0.4, -0.2) is 25.8 Å². The highest BCUT2D eigenvalue weighted by Crippen LogP contribution is 2.35. The van der Waals surface area contributed by atoms with Crippen molar-refractivity contribution in [1.82, 2.24) is 19.7 Å². The second-order valence-electron chi connectivity index (χ2n) is 10.6. The standard InChI is InChI=1S/C35H31ClIN7O2/c1-3-6-28(37)30-21-32(44(43-30)25-15-9-22(2)10-16-25)41-35(45)40-29-17-18-31(27-8-5-4-7-26(27)29)46-33-19-20-38-34(42-33)39-24-13-11-23(36)12-14-24/h4-5,7-21,28H,3,6H2,1-2H3,(H,38,39,42)(H2,40,41,45). The summed E-state index contributed by atoms with van der Waals surface area (Å²) in [7, 11) is 0. The van der Waals surface area contributed by atoms with Gasteiger partial charge in [0.1, 0.15) is 11.6 Å². The van der Waals surface area contributed by atoms with Gasteiger partial charge in [-0.05, 0) is 61.9 Å². The first-order valence-electron chi connectivity index (χ1n) is 14.8. The number of carbonyl (C=O) groups excluding carboxylic acids is 1. The van der Waals surface area contributed by atoms with Crippen LogP contribution in [0.25, 0.3) is 16.5 Å². The molecule has 0 fully saturated rings. The number of anilines is 4. The Morgan fingerprint density at radius 3 is 2.48 bits per heavy atom. The summed E-state index contributed by atoms with van der Waals surface area (Å²) in [5.74, 6) is 1.93. The zero-order valence-corrected chi connectivity index (χ0v) is 28.1. The second kappa shape index (κ2) is 14.2. The van der Waals surface area contributed by atoms with Gasteiger partial charge in [0.15, 0.2) is 0 Å². The Morgan fingerprint density at radius 2 is 1.72 bits per heavy atom. The number of urea groups is 1. The number of hydrogen-bond acceptors (Lipinski definition) is 6.